The number of halogens is 1. The predicted octanol–water partition coefficient (Wildman–Crippen LogP) is 3.75. The van der Waals surface area contributed by atoms with Crippen LogP contribution in [-0.4, -0.2) is 11.6 Å². The number of hydrogen-bond acceptors (Lipinski definition) is 4. The molecule has 6 heteroatoms. The van der Waals surface area contributed by atoms with Gasteiger partial charge in [0, 0.05) is 11.4 Å². The van der Waals surface area contributed by atoms with E-state index in [2.05, 4.69) is 27.3 Å². The molecular weight excluding hydrogens is 352 g/mol. The minimum atomic E-state index is -0.301. The molecule has 1 N–H and O–H groups in total. The maximum absolute atomic E-state index is 11.8. The molecular formula is C15H15BrN2O2S. The number of fused-ring (bicyclic) bond motifs is 1. The van der Waals surface area contributed by atoms with Gasteiger partial charge >= 0.3 is 5.76 Å². The van der Waals surface area contributed by atoms with Crippen molar-refractivity contribution in [2.45, 2.75) is 19.5 Å². The number of nitrogens with one attached hydrogen (secondary N) is 1. The fraction of sp³-hybridized carbons (Fsp3) is 0.267. The zero-order valence-electron chi connectivity index (χ0n) is 11.7. The molecule has 1 aromatic carbocycles. The highest BCUT2D eigenvalue weighted by atomic mass is 79.9. The van der Waals surface area contributed by atoms with Crippen molar-refractivity contribution >= 4 is 38.4 Å². The van der Waals surface area contributed by atoms with E-state index in [-0.39, 0.29) is 11.8 Å². The topological polar surface area (TPSA) is 47.2 Å². The summed E-state index contributed by atoms with van der Waals surface area (Å²) in [6, 6.07) is 10.1. The lowest BCUT2D eigenvalue weighted by atomic mass is 10.1. The molecule has 0 spiro atoms. The normalized spacial score (nSPS) is 12.9. The second-order valence-electron chi connectivity index (χ2n) is 4.70. The minimum absolute atomic E-state index is 0.0842. The molecule has 0 aliphatic carbocycles. The summed E-state index contributed by atoms with van der Waals surface area (Å²) in [6.45, 7) is 2.54. The van der Waals surface area contributed by atoms with Crippen LogP contribution in [0.3, 0.4) is 0 Å². The van der Waals surface area contributed by atoms with Crippen LogP contribution in [0.15, 0.2) is 43.3 Å². The van der Waals surface area contributed by atoms with Gasteiger partial charge in [0.15, 0.2) is 5.58 Å². The van der Waals surface area contributed by atoms with Crippen LogP contribution in [0.2, 0.25) is 0 Å². The van der Waals surface area contributed by atoms with Crippen LogP contribution >= 0.6 is 27.3 Å². The fourth-order valence-electron chi connectivity index (χ4n) is 2.52. The fourth-order valence-corrected chi connectivity index (χ4v) is 4.08. The van der Waals surface area contributed by atoms with Gasteiger partial charge in [0.2, 0.25) is 0 Å². The average Bonchev–Trinajstić information content (AvgIpc) is 3.02. The van der Waals surface area contributed by atoms with E-state index in [1.807, 2.05) is 38.2 Å². The van der Waals surface area contributed by atoms with Gasteiger partial charge in [-0.2, -0.15) is 0 Å². The maximum Gasteiger partial charge on any atom is 0.419 e. The molecule has 0 amide bonds. The monoisotopic (exact) mass is 366 g/mol. The number of hydrogen-bond donors (Lipinski definition) is 1. The lowest BCUT2D eigenvalue weighted by molar-refractivity contribution is 0.512. The molecule has 0 fully saturated rings. The summed E-state index contributed by atoms with van der Waals surface area (Å²) < 4.78 is 8.07. The highest BCUT2D eigenvalue weighted by Gasteiger charge is 2.16. The largest absolute Gasteiger partial charge is 0.419 e. The summed E-state index contributed by atoms with van der Waals surface area (Å²) in [4.78, 5) is 13.0. The third kappa shape index (κ3) is 2.59. The van der Waals surface area contributed by atoms with E-state index in [0.29, 0.717) is 12.1 Å². The summed E-state index contributed by atoms with van der Waals surface area (Å²) in [7, 11) is 1.93. The van der Waals surface area contributed by atoms with E-state index in [1.165, 1.54) is 4.88 Å². The van der Waals surface area contributed by atoms with Gasteiger partial charge in [-0.25, -0.2) is 4.79 Å². The molecule has 21 heavy (non-hydrogen) atoms. The van der Waals surface area contributed by atoms with Crippen LogP contribution < -0.4 is 11.1 Å². The standard InChI is InChI=1S/C15H15BrN2O2S/c1-3-18-10-5-4-9(8-11(10)20-15(18)19)14(17-2)12-6-7-13(16)21-12/h4-8,14,17H,3H2,1-2H3. The minimum Gasteiger partial charge on any atom is -0.408 e. The molecule has 3 rings (SSSR count). The number of nitrogens with zero attached hydrogens (tertiary/aromatic N) is 1. The molecule has 110 valence electrons. The van der Waals surface area contributed by atoms with Gasteiger partial charge in [0.05, 0.1) is 15.3 Å². The molecule has 0 aliphatic heterocycles. The predicted molar refractivity (Wildman–Crippen MR) is 89.1 cm³/mol. The number of rotatable bonds is 4. The number of benzene rings is 1. The molecule has 2 heterocycles. The second-order valence-corrected chi connectivity index (χ2v) is 7.20. The number of oxazole rings is 1. The van der Waals surface area contributed by atoms with Crippen molar-refractivity contribution < 1.29 is 4.42 Å². The first-order valence-electron chi connectivity index (χ1n) is 6.69. The first kappa shape index (κ1) is 14.6. The highest BCUT2D eigenvalue weighted by Crippen LogP contribution is 2.32. The van der Waals surface area contributed by atoms with E-state index in [4.69, 9.17) is 4.42 Å². The summed E-state index contributed by atoms with van der Waals surface area (Å²) in [5.74, 6) is -0.301. The van der Waals surface area contributed by atoms with Crippen molar-refractivity contribution in [1.29, 1.82) is 0 Å². The van der Waals surface area contributed by atoms with Crippen LogP contribution in [-0.2, 0) is 6.54 Å². The van der Waals surface area contributed by atoms with Gasteiger partial charge in [0.1, 0.15) is 0 Å². The molecule has 0 saturated carbocycles. The molecule has 0 radical (unpaired) electrons. The summed E-state index contributed by atoms with van der Waals surface area (Å²) in [5, 5.41) is 3.31. The zero-order chi connectivity index (χ0) is 15.0. The first-order chi connectivity index (χ1) is 10.1. The summed E-state index contributed by atoms with van der Waals surface area (Å²) in [6.07, 6.45) is 0. The lowest BCUT2D eigenvalue weighted by Gasteiger charge is -2.14. The Morgan fingerprint density at radius 3 is 2.81 bits per heavy atom. The Hall–Kier alpha value is -1.37. The van der Waals surface area contributed by atoms with E-state index in [0.717, 1.165) is 14.9 Å². The molecule has 1 unspecified atom stereocenters. The van der Waals surface area contributed by atoms with E-state index in [1.54, 1.807) is 15.9 Å². The Morgan fingerprint density at radius 1 is 1.38 bits per heavy atom. The molecule has 0 saturated heterocycles. The lowest BCUT2D eigenvalue weighted by Crippen LogP contribution is -2.16. The molecule has 1 atom stereocenters. The quantitative estimate of drug-likeness (QED) is 0.764. The Balaban J connectivity index is 2.09. The van der Waals surface area contributed by atoms with Crippen molar-refractivity contribution in [3.05, 3.63) is 55.1 Å². The zero-order valence-corrected chi connectivity index (χ0v) is 14.1. The number of aryl methyl sites for hydroxylation is 1. The van der Waals surface area contributed by atoms with Gasteiger partial charge in [0.25, 0.3) is 0 Å². The maximum atomic E-state index is 11.8. The molecule has 4 nitrogen and oxygen atoms in total. The Labute approximate surface area is 134 Å². The molecule has 0 aliphatic rings. The van der Waals surface area contributed by atoms with Gasteiger partial charge < -0.3 is 9.73 Å². The van der Waals surface area contributed by atoms with Gasteiger partial charge in [-0.1, -0.05) is 6.07 Å². The van der Waals surface area contributed by atoms with Crippen molar-refractivity contribution in [2.24, 2.45) is 0 Å². The Morgan fingerprint density at radius 2 is 2.19 bits per heavy atom. The smallest absolute Gasteiger partial charge is 0.408 e. The van der Waals surface area contributed by atoms with Crippen LogP contribution in [0, 0.1) is 0 Å². The van der Waals surface area contributed by atoms with Crippen LogP contribution in [0.25, 0.3) is 11.1 Å². The van der Waals surface area contributed by atoms with Gasteiger partial charge in [-0.05, 0) is 59.7 Å². The van der Waals surface area contributed by atoms with E-state index >= 15 is 0 Å². The van der Waals surface area contributed by atoms with Crippen molar-refractivity contribution in [3.8, 4) is 0 Å². The third-order valence-electron chi connectivity index (χ3n) is 3.51. The first-order valence-corrected chi connectivity index (χ1v) is 8.30. The highest BCUT2D eigenvalue weighted by molar-refractivity contribution is 9.11. The van der Waals surface area contributed by atoms with Crippen molar-refractivity contribution in [1.82, 2.24) is 9.88 Å². The van der Waals surface area contributed by atoms with E-state index < -0.39 is 0 Å². The molecule has 0 bridgehead atoms. The van der Waals surface area contributed by atoms with Gasteiger partial charge in [-0.15, -0.1) is 11.3 Å². The number of aromatic nitrogens is 1. The second kappa shape index (κ2) is 5.79. The molecule has 3 aromatic rings. The van der Waals surface area contributed by atoms with Crippen LogP contribution in [0.1, 0.15) is 23.4 Å². The van der Waals surface area contributed by atoms with Crippen LogP contribution in [0.4, 0.5) is 0 Å². The van der Waals surface area contributed by atoms with Crippen molar-refractivity contribution in [3.63, 3.8) is 0 Å². The SMILES string of the molecule is CCn1c(=O)oc2cc(C(NC)c3ccc(Br)s3)ccc21. The van der Waals surface area contributed by atoms with E-state index in [9.17, 15) is 4.79 Å². The third-order valence-corrected chi connectivity index (χ3v) is 5.20. The number of thiophene rings is 1. The average molecular weight is 367 g/mol. The molecule has 2 aromatic heterocycles. The Bertz CT molecular complexity index is 834. The van der Waals surface area contributed by atoms with Gasteiger partial charge in [-0.3, -0.25) is 4.57 Å². The summed E-state index contributed by atoms with van der Waals surface area (Å²) >= 11 is 5.18. The van der Waals surface area contributed by atoms with Crippen LogP contribution in [0.5, 0.6) is 0 Å². The van der Waals surface area contributed by atoms with Crippen molar-refractivity contribution in [2.75, 3.05) is 7.05 Å². The summed E-state index contributed by atoms with van der Waals surface area (Å²) in [5.41, 5.74) is 2.56. The Kier molecular flexibility index (Phi) is 4.01.